The van der Waals surface area contributed by atoms with E-state index in [-0.39, 0.29) is 16.1 Å². The molecule has 1 atom stereocenters. The summed E-state index contributed by atoms with van der Waals surface area (Å²) < 4.78 is 35.5. The number of esters is 1. The van der Waals surface area contributed by atoms with Gasteiger partial charge < -0.3 is 4.74 Å². The second-order valence-electron chi connectivity index (χ2n) is 10.5. The van der Waals surface area contributed by atoms with Gasteiger partial charge in [-0.1, -0.05) is 54.6 Å². The third-order valence-electron chi connectivity index (χ3n) is 6.32. The van der Waals surface area contributed by atoms with Gasteiger partial charge in [-0.2, -0.15) is 4.72 Å². The molecular weight excluding hydrogens is 554 g/mol. The summed E-state index contributed by atoms with van der Waals surface area (Å²) >= 11 is 0. The molecule has 1 N–H and O–H groups in total. The number of aliphatic imine (C=N–C) groups is 1. The summed E-state index contributed by atoms with van der Waals surface area (Å²) in [6.07, 6.45) is -0.173. The van der Waals surface area contributed by atoms with E-state index < -0.39 is 40.2 Å². The first-order valence-corrected chi connectivity index (χ1v) is 14.5. The lowest BCUT2D eigenvalue weighted by Crippen LogP contribution is -2.49. The van der Waals surface area contributed by atoms with Gasteiger partial charge in [-0.05, 0) is 50.6 Å². The van der Waals surface area contributed by atoms with Crippen molar-refractivity contribution in [1.82, 2.24) is 9.71 Å². The van der Waals surface area contributed by atoms with Crippen molar-refractivity contribution < 1.29 is 22.7 Å². The SMILES string of the molecule is [C-]#[N+]c1cccc(C2=NC(NS(=O)(=O)c3cccc4cccnc34)C(=O)N(CC(=O)OC(C)(C)C)c3ccccc32)c1. The van der Waals surface area contributed by atoms with Gasteiger partial charge in [0.2, 0.25) is 10.0 Å². The van der Waals surface area contributed by atoms with Crippen LogP contribution >= 0.6 is 0 Å². The number of benzene rings is 3. The van der Waals surface area contributed by atoms with Crippen molar-refractivity contribution >= 4 is 49.9 Å². The lowest BCUT2D eigenvalue weighted by Gasteiger charge is -2.27. The Hall–Kier alpha value is -4.92. The Balaban J connectivity index is 1.66. The van der Waals surface area contributed by atoms with Crippen molar-refractivity contribution in [3.8, 4) is 0 Å². The van der Waals surface area contributed by atoms with Gasteiger partial charge in [0, 0.05) is 17.1 Å². The summed E-state index contributed by atoms with van der Waals surface area (Å²) in [7, 11) is -4.35. The Morgan fingerprint density at radius 1 is 1.05 bits per heavy atom. The van der Waals surface area contributed by atoms with Gasteiger partial charge in [0.25, 0.3) is 5.91 Å². The Kier molecular flexibility index (Phi) is 7.60. The largest absolute Gasteiger partial charge is 0.459 e. The number of benzodiazepines with no additional fused rings is 1. The number of hydrogen-bond donors (Lipinski definition) is 1. The van der Waals surface area contributed by atoms with Crippen LogP contribution in [0.5, 0.6) is 0 Å². The highest BCUT2D eigenvalue weighted by Gasteiger charge is 2.37. The molecule has 0 spiro atoms. The number of para-hydroxylation sites is 2. The maximum absolute atomic E-state index is 14.1. The molecule has 1 unspecified atom stereocenters. The number of sulfonamides is 1. The van der Waals surface area contributed by atoms with Gasteiger partial charge in [-0.25, -0.2) is 13.3 Å². The molecule has 1 amide bonds. The van der Waals surface area contributed by atoms with Gasteiger partial charge in [0.1, 0.15) is 17.0 Å². The van der Waals surface area contributed by atoms with Crippen LogP contribution in [0.25, 0.3) is 15.7 Å². The van der Waals surface area contributed by atoms with Crippen molar-refractivity contribution in [2.24, 2.45) is 4.99 Å². The zero-order chi connectivity index (χ0) is 30.1. The minimum atomic E-state index is -4.35. The maximum Gasteiger partial charge on any atom is 0.326 e. The first-order chi connectivity index (χ1) is 20.0. The number of nitrogens with zero attached hydrogens (tertiary/aromatic N) is 4. The van der Waals surface area contributed by atoms with E-state index in [1.165, 1.54) is 17.2 Å². The quantitative estimate of drug-likeness (QED) is 0.262. The Morgan fingerprint density at radius 3 is 2.55 bits per heavy atom. The van der Waals surface area contributed by atoms with Crippen molar-refractivity contribution in [1.29, 1.82) is 0 Å². The first kappa shape index (κ1) is 28.6. The second kappa shape index (κ2) is 11.2. The summed E-state index contributed by atoms with van der Waals surface area (Å²) in [6.45, 7) is 12.1. The molecular formula is C31H27N5O5S. The van der Waals surface area contributed by atoms with Gasteiger partial charge in [-0.15, -0.1) is 0 Å². The molecule has 0 fully saturated rings. The molecule has 0 saturated heterocycles. The molecule has 11 heteroatoms. The van der Waals surface area contributed by atoms with Crippen molar-refractivity contribution in [2.75, 3.05) is 11.4 Å². The number of pyridine rings is 1. The van der Waals surface area contributed by atoms with Crippen LogP contribution in [0.2, 0.25) is 0 Å². The lowest BCUT2D eigenvalue weighted by atomic mass is 10.00. The van der Waals surface area contributed by atoms with Crippen molar-refractivity contribution in [2.45, 2.75) is 37.4 Å². The van der Waals surface area contributed by atoms with Crippen LogP contribution in [0.15, 0.2) is 94.9 Å². The van der Waals surface area contributed by atoms with E-state index in [1.54, 1.807) is 93.6 Å². The molecule has 1 aromatic heterocycles. The first-order valence-electron chi connectivity index (χ1n) is 13.0. The van der Waals surface area contributed by atoms with E-state index in [9.17, 15) is 18.0 Å². The topological polar surface area (TPSA) is 122 Å². The summed E-state index contributed by atoms with van der Waals surface area (Å²) in [6, 6.07) is 21.6. The summed E-state index contributed by atoms with van der Waals surface area (Å²) in [5.41, 5.74) is 1.36. The third kappa shape index (κ3) is 5.90. The fourth-order valence-corrected chi connectivity index (χ4v) is 5.89. The lowest BCUT2D eigenvalue weighted by molar-refractivity contribution is -0.153. The Morgan fingerprint density at radius 2 is 1.79 bits per heavy atom. The molecule has 4 aromatic rings. The number of carbonyl (C=O) groups is 2. The normalized spacial score (nSPS) is 15.4. The zero-order valence-electron chi connectivity index (χ0n) is 23.1. The minimum Gasteiger partial charge on any atom is -0.459 e. The summed E-state index contributed by atoms with van der Waals surface area (Å²) in [5, 5.41) is 0.603. The number of anilines is 1. The van der Waals surface area contributed by atoms with Crippen LogP contribution in [-0.2, 0) is 24.3 Å². The molecule has 5 rings (SSSR count). The smallest absolute Gasteiger partial charge is 0.326 e. The van der Waals surface area contributed by atoms with Crippen LogP contribution in [-0.4, -0.2) is 49.3 Å². The van der Waals surface area contributed by atoms with E-state index in [1.807, 2.05) is 0 Å². The third-order valence-corrected chi connectivity index (χ3v) is 7.76. The van der Waals surface area contributed by atoms with E-state index >= 15 is 0 Å². The number of fused-ring (bicyclic) bond motifs is 2. The average molecular weight is 582 g/mol. The summed E-state index contributed by atoms with van der Waals surface area (Å²) in [4.78, 5) is 40.5. The predicted molar refractivity (Wildman–Crippen MR) is 159 cm³/mol. The second-order valence-corrected chi connectivity index (χ2v) is 12.2. The van der Waals surface area contributed by atoms with Crippen molar-refractivity contribution in [3.63, 3.8) is 0 Å². The number of ether oxygens (including phenoxy) is 1. The zero-order valence-corrected chi connectivity index (χ0v) is 23.9. The fourth-order valence-electron chi connectivity index (χ4n) is 4.63. The van der Waals surface area contributed by atoms with E-state index in [0.717, 1.165) is 0 Å². The Bertz CT molecular complexity index is 1880. The van der Waals surface area contributed by atoms with E-state index in [0.29, 0.717) is 27.9 Å². The predicted octanol–water partition coefficient (Wildman–Crippen LogP) is 4.62. The molecule has 1 aliphatic heterocycles. The summed E-state index contributed by atoms with van der Waals surface area (Å²) in [5.74, 6) is -1.45. The molecule has 2 heterocycles. The molecule has 0 saturated carbocycles. The van der Waals surface area contributed by atoms with Crippen LogP contribution in [0.3, 0.4) is 0 Å². The monoisotopic (exact) mass is 581 g/mol. The van der Waals surface area contributed by atoms with Crippen LogP contribution in [0.4, 0.5) is 11.4 Å². The standard InChI is InChI=1S/C31H27N5O5S/c1-31(2,3)41-26(37)19-36-24-15-6-5-14-23(24)27(21-11-7-13-22(18-21)32-4)34-29(30(36)38)35-42(39,40)25-16-8-10-20-12-9-17-33-28(20)25/h5-18,29,35H,19H2,1-3H3. The highest BCUT2D eigenvalue weighted by molar-refractivity contribution is 7.89. The van der Waals surface area contributed by atoms with Gasteiger partial charge in [-0.3, -0.25) is 24.5 Å². The fraction of sp³-hybridized carbons (Fsp3) is 0.194. The number of rotatable bonds is 6. The Labute approximate surface area is 243 Å². The van der Waals surface area contributed by atoms with Crippen LogP contribution in [0, 0.1) is 6.57 Å². The molecule has 1 aliphatic rings. The number of amides is 1. The molecule has 10 nitrogen and oxygen atoms in total. The minimum absolute atomic E-state index is 0.124. The van der Waals surface area contributed by atoms with E-state index in [4.69, 9.17) is 11.3 Å². The molecule has 3 aromatic carbocycles. The van der Waals surface area contributed by atoms with E-state index in [2.05, 4.69) is 19.5 Å². The van der Waals surface area contributed by atoms with Crippen molar-refractivity contribution in [3.05, 3.63) is 108 Å². The molecule has 0 radical (unpaired) electrons. The highest BCUT2D eigenvalue weighted by Crippen LogP contribution is 2.30. The number of nitrogens with one attached hydrogen (secondary N) is 1. The number of hydrogen-bond acceptors (Lipinski definition) is 7. The number of carbonyl (C=O) groups excluding carboxylic acids is 2. The van der Waals surface area contributed by atoms with Crippen LogP contribution < -0.4 is 9.62 Å². The molecule has 212 valence electrons. The molecule has 42 heavy (non-hydrogen) atoms. The average Bonchev–Trinajstić information content (AvgIpc) is 3.06. The van der Waals surface area contributed by atoms with Gasteiger partial charge in [0.15, 0.2) is 11.9 Å². The molecule has 0 aliphatic carbocycles. The van der Waals surface area contributed by atoms with Gasteiger partial charge in [0.05, 0.1) is 23.5 Å². The van der Waals surface area contributed by atoms with Crippen LogP contribution in [0.1, 0.15) is 31.9 Å². The maximum atomic E-state index is 14.1. The van der Waals surface area contributed by atoms with Gasteiger partial charge >= 0.3 is 5.97 Å². The highest BCUT2D eigenvalue weighted by atomic mass is 32.2. The molecule has 0 bridgehead atoms. The number of aromatic nitrogens is 1.